The van der Waals surface area contributed by atoms with E-state index in [1.807, 2.05) is 24.3 Å². The molecule has 1 aliphatic rings. The molecule has 2 N–H and O–H groups in total. The lowest BCUT2D eigenvalue weighted by molar-refractivity contribution is 0.0324. The van der Waals surface area contributed by atoms with Crippen molar-refractivity contribution in [3.8, 4) is 0 Å². The van der Waals surface area contributed by atoms with Gasteiger partial charge < -0.3 is 10.2 Å². The van der Waals surface area contributed by atoms with Gasteiger partial charge in [0, 0.05) is 34.9 Å². The van der Waals surface area contributed by atoms with Crippen molar-refractivity contribution in [2.75, 3.05) is 6.61 Å². The Balaban J connectivity index is 1.74. The summed E-state index contributed by atoms with van der Waals surface area (Å²) in [6, 6.07) is 10.4. The van der Waals surface area contributed by atoms with Gasteiger partial charge in [-0.2, -0.15) is 0 Å². The Labute approximate surface area is 183 Å². The fraction of sp³-hybridized carbons (Fsp3) is 0.462. The van der Waals surface area contributed by atoms with E-state index >= 15 is 0 Å². The standard InChI is InChI=1S/C26H33FO2S/c1-4-19(26(29)23(11-12-28)17(2)3)13-18-9-10-24(27)21(14-18)16-22-15-20-7-5-6-8-25(20)30-22/h4-8,14-15,17,19,23,26,28-29H,1,9-13,16H2,2-3H3/t19-,23-,26+/m0/s1. The lowest BCUT2D eigenvalue weighted by Gasteiger charge is -2.31. The van der Waals surface area contributed by atoms with Crippen molar-refractivity contribution < 1.29 is 14.6 Å². The molecule has 0 saturated carbocycles. The number of aliphatic hydroxyl groups is 2. The van der Waals surface area contributed by atoms with Crippen LogP contribution >= 0.6 is 11.3 Å². The Morgan fingerprint density at radius 1 is 1.23 bits per heavy atom. The first-order valence-corrected chi connectivity index (χ1v) is 11.7. The molecular weight excluding hydrogens is 395 g/mol. The predicted molar refractivity (Wildman–Crippen MR) is 125 cm³/mol. The van der Waals surface area contributed by atoms with E-state index in [0.717, 1.165) is 5.57 Å². The molecule has 1 aromatic carbocycles. The summed E-state index contributed by atoms with van der Waals surface area (Å²) in [7, 11) is 0. The molecule has 3 rings (SSSR count). The Kier molecular flexibility index (Phi) is 8.04. The van der Waals surface area contributed by atoms with E-state index in [2.05, 4.69) is 38.6 Å². The Morgan fingerprint density at radius 3 is 2.67 bits per heavy atom. The molecule has 1 heterocycles. The molecule has 0 amide bonds. The van der Waals surface area contributed by atoms with Crippen molar-refractivity contribution in [2.45, 2.75) is 52.1 Å². The molecule has 0 fully saturated rings. The van der Waals surface area contributed by atoms with Crippen LogP contribution in [-0.4, -0.2) is 22.9 Å². The summed E-state index contributed by atoms with van der Waals surface area (Å²) in [4.78, 5) is 1.17. The predicted octanol–water partition coefficient (Wildman–Crippen LogP) is 6.60. The van der Waals surface area contributed by atoms with Crippen molar-refractivity contribution in [2.24, 2.45) is 17.8 Å². The number of halogens is 1. The van der Waals surface area contributed by atoms with E-state index in [1.54, 1.807) is 11.3 Å². The van der Waals surface area contributed by atoms with Gasteiger partial charge in [0.15, 0.2) is 0 Å². The molecule has 0 radical (unpaired) electrons. The van der Waals surface area contributed by atoms with Crippen molar-refractivity contribution in [1.82, 2.24) is 0 Å². The summed E-state index contributed by atoms with van der Waals surface area (Å²) < 4.78 is 15.8. The van der Waals surface area contributed by atoms with Crippen LogP contribution in [0.1, 0.15) is 44.4 Å². The van der Waals surface area contributed by atoms with Gasteiger partial charge in [-0.3, -0.25) is 0 Å². The van der Waals surface area contributed by atoms with Crippen LogP contribution in [-0.2, 0) is 6.42 Å². The zero-order valence-electron chi connectivity index (χ0n) is 18.0. The molecule has 0 spiro atoms. The third kappa shape index (κ3) is 5.48. The quantitative estimate of drug-likeness (QED) is 0.419. The molecule has 3 atom stereocenters. The third-order valence-electron chi connectivity index (χ3n) is 6.23. The van der Waals surface area contributed by atoms with Gasteiger partial charge in [-0.15, -0.1) is 17.9 Å². The summed E-state index contributed by atoms with van der Waals surface area (Å²) in [5, 5.41) is 21.5. The van der Waals surface area contributed by atoms with Gasteiger partial charge in [0.05, 0.1) is 6.10 Å². The molecule has 2 nitrogen and oxygen atoms in total. The molecule has 1 aromatic heterocycles. The fourth-order valence-corrected chi connectivity index (χ4v) is 5.55. The number of aliphatic hydroxyl groups excluding tert-OH is 2. The number of benzene rings is 1. The van der Waals surface area contributed by atoms with E-state index in [9.17, 15) is 14.6 Å². The van der Waals surface area contributed by atoms with Crippen molar-refractivity contribution >= 4 is 21.4 Å². The van der Waals surface area contributed by atoms with Crippen molar-refractivity contribution in [1.29, 1.82) is 0 Å². The first-order valence-electron chi connectivity index (χ1n) is 10.9. The molecule has 30 heavy (non-hydrogen) atoms. The number of rotatable bonds is 10. The molecule has 162 valence electrons. The van der Waals surface area contributed by atoms with Crippen LogP contribution < -0.4 is 0 Å². The number of fused-ring (bicyclic) bond motifs is 1. The minimum Gasteiger partial charge on any atom is -0.396 e. The molecule has 0 unspecified atom stereocenters. The highest BCUT2D eigenvalue weighted by atomic mass is 32.1. The van der Waals surface area contributed by atoms with Crippen LogP contribution in [0.15, 0.2) is 66.0 Å². The maximum atomic E-state index is 14.6. The summed E-state index contributed by atoms with van der Waals surface area (Å²) in [6.45, 7) is 8.16. The molecular formula is C26H33FO2S. The molecule has 0 aliphatic heterocycles. The minimum atomic E-state index is -0.558. The number of hydrogen-bond donors (Lipinski definition) is 2. The van der Waals surface area contributed by atoms with Crippen LogP contribution in [0.25, 0.3) is 10.1 Å². The summed E-state index contributed by atoms with van der Waals surface area (Å²) >= 11 is 1.72. The van der Waals surface area contributed by atoms with Gasteiger partial charge >= 0.3 is 0 Å². The molecule has 0 bridgehead atoms. The molecule has 1 aliphatic carbocycles. The maximum absolute atomic E-state index is 14.6. The number of allylic oxidation sites excluding steroid dienone is 4. The highest BCUT2D eigenvalue weighted by Crippen LogP contribution is 2.35. The lowest BCUT2D eigenvalue weighted by Crippen LogP contribution is -2.32. The highest BCUT2D eigenvalue weighted by molar-refractivity contribution is 7.19. The van der Waals surface area contributed by atoms with Gasteiger partial charge in [0.2, 0.25) is 0 Å². The topological polar surface area (TPSA) is 40.5 Å². The van der Waals surface area contributed by atoms with Crippen molar-refractivity contribution in [3.05, 3.63) is 70.9 Å². The van der Waals surface area contributed by atoms with Crippen LogP contribution in [0.3, 0.4) is 0 Å². The summed E-state index contributed by atoms with van der Waals surface area (Å²) in [5.41, 5.74) is 1.93. The zero-order valence-corrected chi connectivity index (χ0v) is 18.8. The summed E-state index contributed by atoms with van der Waals surface area (Å²) in [5.74, 6) is 0.178. The first kappa shape index (κ1) is 22.9. The number of thiophene rings is 1. The van der Waals surface area contributed by atoms with Crippen molar-refractivity contribution in [3.63, 3.8) is 0 Å². The lowest BCUT2D eigenvalue weighted by atomic mass is 9.78. The Bertz CT molecular complexity index is 891. The molecule has 2 aromatic rings. The second kappa shape index (κ2) is 10.5. The second-order valence-corrected chi connectivity index (χ2v) is 9.84. The van der Waals surface area contributed by atoms with Gasteiger partial charge in [-0.05, 0) is 54.2 Å². The Hall–Kier alpha value is -1.75. The van der Waals surface area contributed by atoms with Crippen LogP contribution in [0.5, 0.6) is 0 Å². The smallest absolute Gasteiger partial charge is 0.104 e. The summed E-state index contributed by atoms with van der Waals surface area (Å²) in [6.07, 6.45) is 6.24. The van der Waals surface area contributed by atoms with Crippen LogP contribution in [0, 0.1) is 17.8 Å². The van der Waals surface area contributed by atoms with Crippen LogP contribution in [0.4, 0.5) is 4.39 Å². The van der Waals surface area contributed by atoms with E-state index in [4.69, 9.17) is 0 Å². The molecule has 4 heteroatoms. The van der Waals surface area contributed by atoms with E-state index in [1.165, 1.54) is 20.5 Å². The normalized spacial score (nSPS) is 17.9. The monoisotopic (exact) mass is 428 g/mol. The Morgan fingerprint density at radius 2 is 2.00 bits per heavy atom. The average molecular weight is 429 g/mol. The first-order chi connectivity index (χ1) is 14.4. The van der Waals surface area contributed by atoms with Gasteiger partial charge in [0.25, 0.3) is 0 Å². The fourth-order valence-electron chi connectivity index (χ4n) is 4.46. The van der Waals surface area contributed by atoms with Crippen LogP contribution in [0.2, 0.25) is 0 Å². The number of hydrogen-bond acceptors (Lipinski definition) is 3. The average Bonchev–Trinajstić information content (AvgIpc) is 3.14. The van der Waals surface area contributed by atoms with E-state index in [0.29, 0.717) is 32.1 Å². The second-order valence-electron chi connectivity index (χ2n) is 8.67. The minimum absolute atomic E-state index is 0.0208. The van der Waals surface area contributed by atoms with Gasteiger partial charge in [-0.25, -0.2) is 4.39 Å². The largest absolute Gasteiger partial charge is 0.396 e. The van der Waals surface area contributed by atoms with E-state index < -0.39 is 6.10 Å². The SMILES string of the molecule is C=C[C@@H](CC1=CC(Cc2cc3ccccc3s2)=C(F)CC1)[C@@H](O)[C@@H](CCO)C(C)C. The zero-order chi connectivity index (χ0) is 21.7. The highest BCUT2D eigenvalue weighted by Gasteiger charge is 2.29. The maximum Gasteiger partial charge on any atom is 0.104 e. The van der Waals surface area contributed by atoms with E-state index in [-0.39, 0.29) is 30.2 Å². The molecule has 0 saturated heterocycles. The third-order valence-corrected chi connectivity index (χ3v) is 7.35. The van der Waals surface area contributed by atoms with Gasteiger partial charge in [0.1, 0.15) is 5.83 Å². The van der Waals surface area contributed by atoms with Gasteiger partial charge in [-0.1, -0.05) is 49.8 Å².